The Kier molecular flexibility index (Phi) is 14.3. The van der Waals surface area contributed by atoms with Crippen LogP contribution in [0.4, 0.5) is 0 Å². The molecule has 7 nitrogen and oxygen atoms in total. The lowest BCUT2D eigenvalue weighted by atomic mass is 10.1. The maximum atomic E-state index is 12.4. The molecular formula is C24H36IN5O2. The lowest BCUT2D eigenvalue weighted by Gasteiger charge is -2.17. The van der Waals surface area contributed by atoms with Crippen molar-refractivity contribution in [1.29, 1.82) is 0 Å². The van der Waals surface area contributed by atoms with Crippen LogP contribution in [0.2, 0.25) is 0 Å². The van der Waals surface area contributed by atoms with Crippen LogP contribution >= 0.6 is 24.0 Å². The highest BCUT2D eigenvalue weighted by molar-refractivity contribution is 14.0. The van der Waals surface area contributed by atoms with Crippen molar-refractivity contribution in [2.45, 2.75) is 32.8 Å². The molecule has 1 aromatic carbocycles. The first-order valence-corrected chi connectivity index (χ1v) is 10.9. The van der Waals surface area contributed by atoms with E-state index in [1.807, 2.05) is 43.3 Å². The van der Waals surface area contributed by atoms with E-state index >= 15 is 0 Å². The minimum atomic E-state index is -0.0202. The summed E-state index contributed by atoms with van der Waals surface area (Å²) in [7, 11) is 1.80. The van der Waals surface area contributed by atoms with Crippen LogP contribution < -0.4 is 10.6 Å². The van der Waals surface area contributed by atoms with Gasteiger partial charge in [0.1, 0.15) is 6.54 Å². The molecule has 0 bridgehead atoms. The smallest absolute Gasteiger partial charge is 0.244 e. The van der Waals surface area contributed by atoms with E-state index in [1.165, 1.54) is 5.56 Å². The standard InChI is InChI=1S/C24H35N5O2.HI/c1-4-25-24(27-16-10-18-31-20(2)21-11-6-5-7-12-21)28-19-23(30)29(3)17-14-22-13-8-9-15-26-22;/h5-9,11-13,15,20H,4,10,14,16-19H2,1-3H3,(H2,25,27,28);1H. The zero-order valence-corrected chi connectivity index (χ0v) is 21.6. The lowest BCUT2D eigenvalue weighted by Crippen LogP contribution is -2.39. The van der Waals surface area contributed by atoms with Crippen LogP contribution in [0.3, 0.4) is 0 Å². The van der Waals surface area contributed by atoms with Gasteiger partial charge in [0, 0.05) is 51.6 Å². The first-order chi connectivity index (χ1) is 15.1. The lowest BCUT2D eigenvalue weighted by molar-refractivity contribution is -0.128. The summed E-state index contributed by atoms with van der Waals surface area (Å²) in [5, 5.41) is 6.44. The summed E-state index contributed by atoms with van der Waals surface area (Å²) in [5.74, 6) is 0.623. The molecule has 0 aliphatic rings. The van der Waals surface area contributed by atoms with Crippen molar-refractivity contribution >= 4 is 35.8 Å². The number of guanidine groups is 1. The summed E-state index contributed by atoms with van der Waals surface area (Å²) in [6, 6.07) is 16.0. The molecule has 0 radical (unpaired) electrons. The Hall–Kier alpha value is -2.20. The number of benzene rings is 1. The van der Waals surface area contributed by atoms with Crippen molar-refractivity contribution in [3.05, 3.63) is 66.0 Å². The number of aliphatic imine (C=N–C) groups is 1. The Labute approximate surface area is 209 Å². The number of carbonyl (C=O) groups is 1. The van der Waals surface area contributed by atoms with Gasteiger partial charge in [0.25, 0.3) is 0 Å². The molecule has 2 N–H and O–H groups in total. The number of rotatable bonds is 12. The number of nitrogens with one attached hydrogen (secondary N) is 2. The molecule has 0 aliphatic heterocycles. The fourth-order valence-electron chi connectivity index (χ4n) is 2.92. The number of nitrogens with zero attached hydrogens (tertiary/aromatic N) is 3. The van der Waals surface area contributed by atoms with E-state index in [-0.39, 0.29) is 42.5 Å². The van der Waals surface area contributed by atoms with Crippen molar-refractivity contribution in [2.24, 2.45) is 4.99 Å². The predicted molar refractivity (Wildman–Crippen MR) is 140 cm³/mol. The summed E-state index contributed by atoms with van der Waals surface area (Å²) in [4.78, 5) is 22.8. The van der Waals surface area contributed by atoms with E-state index in [0.29, 0.717) is 19.1 Å². The zero-order chi connectivity index (χ0) is 22.3. The topological polar surface area (TPSA) is 78.9 Å². The predicted octanol–water partition coefficient (Wildman–Crippen LogP) is 3.42. The SMILES string of the molecule is CCNC(=NCC(=O)N(C)CCc1ccccn1)NCCCOC(C)c1ccccc1.I. The Morgan fingerprint density at radius 2 is 1.91 bits per heavy atom. The first kappa shape index (κ1) is 27.8. The number of likely N-dealkylation sites (N-methyl/N-ethyl adjacent to an activating group) is 1. The van der Waals surface area contributed by atoms with E-state index in [2.05, 4.69) is 39.7 Å². The highest BCUT2D eigenvalue weighted by Gasteiger charge is 2.09. The number of pyridine rings is 1. The van der Waals surface area contributed by atoms with Crippen molar-refractivity contribution in [3.8, 4) is 0 Å². The number of hydrogen-bond acceptors (Lipinski definition) is 4. The fraction of sp³-hybridized carbons (Fsp3) is 0.458. The molecule has 1 heterocycles. The summed E-state index contributed by atoms with van der Waals surface area (Å²) < 4.78 is 5.90. The van der Waals surface area contributed by atoms with Crippen molar-refractivity contribution in [2.75, 3.05) is 39.8 Å². The van der Waals surface area contributed by atoms with Crippen molar-refractivity contribution in [3.63, 3.8) is 0 Å². The Morgan fingerprint density at radius 1 is 1.16 bits per heavy atom. The Balaban J connectivity index is 0.00000512. The quantitative estimate of drug-likeness (QED) is 0.182. The van der Waals surface area contributed by atoms with Gasteiger partial charge < -0.3 is 20.3 Å². The molecule has 1 atom stereocenters. The molecule has 1 amide bonds. The van der Waals surface area contributed by atoms with Crippen LogP contribution in [0.1, 0.15) is 37.6 Å². The third-order valence-electron chi connectivity index (χ3n) is 4.82. The largest absolute Gasteiger partial charge is 0.374 e. The fourth-order valence-corrected chi connectivity index (χ4v) is 2.92. The van der Waals surface area contributed by atoms with Gasteiger partial charge in [-0.15, -0.1) is 24.0 Å². The maximum Gasteiger partial charge on any atom is 0.244 e. The van der Waals surface area contributed by atoms with Crippen molar-refractivity contribution < 1.29 is 9.53 Å². The average Bonchev–Trinajstić information content (AvgIpc) is 2.81. The second-order valence-corrected chi connectivity index (χ2v) is 7.29. The third-order valence-corrected chi connectivity index (χ3v) is 4.82. The van der Waals surface area contributed by atoms with E-state index in [9.17, 15) is 4.79 Å². The second kappa shape index (κ2) is 16.4. The van der Waals surface area contributed by atoms with Gasteiger partial charge in [0.15, 0.2) is 5.96 Å². The molecule has 0 aliphatic carbocycles. The van der Waals surface area contributed by atoms with E-state index in [4.69, 9.17) is 4.74 Å². The van der Waals surface area contributed by atoms with Gasteiger partial charge in [-0.2, -0.15) is 0 Å². The Morgan fingerprint density at radius 3 is 2.59 bits per heavy atom. The minimum Gasteiger partial charge on any atom is -0.374 e. The van der Waals surface area contributed by atoms with Crippen LogP contribution in [0.5, 0.6) is 0 Å². The monoisotopic (exact) mass is 553 g/mol. The molecule has 0 spiro atoms. The highest BCUT2D eigenvalue weighted by atomic mass is 127. The van der Waals surface area contributed by atoms with Gasteiger partial charge in [0.2, 0.25) is 5.91 Å². The summed E-state index contributed by atoms with van der Waals surface area (Å²) in [5.41, 5.74) is 2.15. The molecule has 0 saturated carbocycles. The minimum absolute atomic E-state index is 0. The second-order valence-electron chi connectivity index (χ2n) is 7.29. The number of carbonyl (C=O) groups excluding carboxylic acids is 1. The molecule has 176 valence electrons. The number of amides is 1. The molecule has 0 saturated heterocycles. The van der Waals surface area contributed by atoms with Crippen LogP contribution in [0.25, 0.3) is 0 Å². The number of hydrogen-bond donors (Lipinski definition) is 2. The molecule has 2 rings (SSSR count). The van der Waals surface area contributed by atoms with E-state index in [0.717, 1.165) is 31.6 Å². The third kappa shape index (κ3) is 10.9. The number of halogens is 1. The normalized spacial score (nSPS) is 11.9. The molecule has 1 unspecified atom stereocenters. The average molecular weight is 553 g/mol. The summed E-state index contributed by atoms with van der Waals surface area (Å²) in [6.45, 7) is 6.89. The molecular weight excluding hydrogens is 517 g/mol. The van der Waals surface area contributed by atoms with Gasteiger partial charge >= 0.3 is 0 Å². The van der Waals surface area contributed by atoms with E-state index < -0.39 is 0 Å². The van der Waals surface area contributed by atoms with Crippen LogP contribution in [0, 0.1) is 0 Å². The van der Waals surface area contributed by atoms with Gasteiger partial charge in [-0.1, -0.05) is 36.4 Å². The Bertz CT molecular complexity index is 789. The van der Waals surface area contributed by atoms with Gasteiger partial charge in [-0.25, -0.2) is 4.99 Å². The molecule has 8 heteroatoms. The first-order valence-electron chi connectivity index (χ1n) is 10.9. The number of ether oxygens (including phenoxy) is 1. The molecule has 0 fully saturated rings. The van der Waals surface area contributed by atoms with Crippen LogP contribution in [-0.2, 0) is 16.0 Å². The molecule has 32 heavy (non-hydrogen) atoms. The van der Waals surface area contributed by atoms with E-state index in [1.54, 1.807) is 18.1 Å². The van der Waals surface area contributed by atoms with Gasteiger partial charge in [-0.05, 0) is 38.0 Å². The summed E-state index contributed by atoms with van der Waals surface area (Å²) in [6.07, 6.45) is 3.41. The van der Waals surface area contributed by atoms with Gasteiger partial charge in [-0.3, -0.25) is 9.78 Å². The maximum absolute atomic E-state index is 12.4. The zero-order valence-electron chi connectivity index (χ0n) is 19.3. The molecule has 2 aromatic rings. The van der Waals surface area contributed by atoms with Crippen molar-refractivity contribution in [1.82, 2.24) is 20.5 Å². The van der Waals surface area contributed by atoms with Gasteiger partial charge in [0.05, 0.1) is 6.10 Å². The van der Waals surface area contributed by atoms with Crippen LogP contribution in [0.15, 0.2) is 59.7 Å². The molecule has 1 aromatic heterocycles. The summed E-state index contributed by atoms with van der Waals surface area (Å²) >= 11 is 0. The van der Waals surface area contributed by atoms with Crippen LogP contribution in [-0.4, -0.2) is 61.6 Å². The number of aromatic nitrogens is 1. The highest BCUT2D eigenvalue weighted by Crippen LogP contribution is 2.15.